The standard InChI is InChI=1S/C18H19F2NO/c19-17-3-4-18(20)16(10-17)11-21-7-5-13-1-2-15-12-22-8-6-14(15)9-13/h1-4,9-10,21H,5-8,11-12H2. The fraction of sp³-hybridized carbons (Fsp3) is 0.333. The Morgan fingerprint density at radius 1 is 1.05 bits per heavy atom. The first-order valence-electron chi connectivity index (χ1n) is 7.55. The van der Waals surface area contributed by atoms with Gasteiger partial charge in [0.15, 0.2) is 0 Å². The zero-order valence-electron chi connectivity index (χ0n) is 12.4. The summed E-state index contributed by atoms with van der Waals surface area (Å²) in [5, 5.41) is 3.17. The van der Waals surface area contributed by atoms with Gasteiger partial charge in [-0.3, -0.25) is 0 Å². The zero-order chi connectivity index (χ0) is 15.4. The summed E-state index contributed by atoms with van der Waals surface area (Å²) in [6.07, 6.45) is 1.83. The van der Waals surface area contributed by atoms with Gasteiger partial charge in [0.2, 0.25) is 0 Å². The number of nitrogens with one attached hydrogen (secondary N) is 1. The number of benzene rings is 2. The second kappa shape index (κ2) is 6.99. The molecule has 0 aromatic heterocycles. The number of ether oxygens (including phenoxy) is 1. The summed E-state index contributed by atoms with van der Waals surface area (Å²) < 4.78 is 32.0. The molecule has 116 valence electrons. The van der Waals surface area contributed by atoms with Gasteiger partial charge in [-0.25, -0.2) is 8.78 Å². The third kappa shape index (κ3) is 3.70. The van der Waals surface area contributed by atoms with Crippen molar-refractivity contribution < 1.29 is 13.5 Å². The maximum absolute atomic E-state index is 13.5. The molecule has 22 heavy (non-hydrogen) atoms. The van der Waals surface area contributed by atoms with Crippen LogP contribution in [0.15, 0.2) is 36.4 Å². The Labute approximate surface area is 129 Å². The molecular formula is C18H19F2NO. The smallest absolute Gasteiger partial charge is 0.127 e. The summed E-state index contributed by atoms with van der Waals surface area (Å²) in [5.74, 6) is -0.780. The van der Waals surface area contributed by atoms with Crippen LogP contribution in [0.2, 0.25) is 0 Å². The van der Waals surface area contributed by atoms with Crippen LogP contribution in [0.25, 0.3) is 0 Å². The largest absolute Gasteiger partial charge is 0.376 e. The van der Waals surface area contributed by atoms with Gasteiger partial charge in [0.1, 0.15) is 11.6 Å². The van der Waals surface area contributed by atoms with Gasteiger partial charge >= 0.3 is 0 Å². The van der Waals surface area contributed by atoms with Crippen molar-refractivity contribution in [2.75, 3.05) is 13.2 Å². The Kier molecular flexibility index (Phi) is 4.80. The molecular weight excluding hydrogens is 284 g/mol. The summed E-state index contributed by atoms with van der Waals surface area (Å²) in [6.45, 7) is 2.55. The number of hydrogen-bond donors (Lipinski definition) is 1. The van der Waals surface area contributed by atoms with Gasteiger partial charge in [0.05, 0.1) is 13.2 Å². The number of hydrogen-bond acceptors (Lipinski definition) is 2. The van der Waals surface area contributed by atoms with Crippen molar-refractivity contribution in [1.82, 2.24) is 5.32 Å². The molecule has 0 saturated heterocycles. The lowest BCUT2D eigenvalue weighted by Crippen LogP contribution is -2.18. The van der Waals surface area contributed by atoms with E-state index in [0.717, 1.165) is 38.1 Å². The molecule has 1 aliphatic rings. The topological polar surface area (TPSA) is 21.3 Å². The third-order valence-electron chi connectivity index (χ3n) is 3.96. The van der Waals surface area contributed by atoms with E-state index in [1.807, 2.05) is 0 Å². The molecule has 0 bridgehead atoms. The van der Waals surface area contributed by atoms with Crippen LogP contribution in [0.4, 0.5) is 8.78 Å². The normalized spacial score (nSPS) is 13.9. The van der Waals surface area contributed by atoms with E-state index in [1.165, 1.54) is 22.8 Å². The molecule has 4 heteroatoms. The Bertz CT molecular complexity index is 658. The van der Waals surface area contributed by atoms with Gasteiger partial charge in [-0.2, -0.15) is 0 Å². The molecule has 0 fully saturated rings. The van der Waals surface area contributed by atoms with Crippen molar-refractivity contribution in [2.45, 2.75) is 26.0 Å². The molecule has 0 spiro atoms. The van der Waals surface area contributed by atoms with Gasteiger partial charge in [-0.15, -0.1) is 0 Å². The van der Waals surface area contributed by atoms with Crippen molar-refractivity contribution in [1.29, 1.82) is 0 Å². The molecule has 2 aromatic rings. The highest BCUT2D eigenvalue weighted by Gasteiger charge is 2.09. The van der Waals surface area contributed by atoms with Gasteiger partial charge in [0, 0.05) is 12.1 Å². The fourth-order valence-electron chi connectivity index (χ4n) is 2.71. The van der Waals surface area contributed by atoms with Gasteiger partial charge in [-0.1, -0.05) is 18.2 Å². The third-order valence-corrected chi connectivity index (χ3v) is 3.96. The molecule has 1 aliphatic heterocycles. The van der Waals surface area contributed by atoms with E-state index in [9.17, 15) is 8.78 Å². The van der Waals surface area contributed by atoms with Crippen LogP contribution in [0.3, 0.4) is 0 Å². The molecule has 0 unspecified atom stereocenters. The van der Waals surface area contributed by atoms with E-state index in [4.69, 9.17) is 4.74 Å². The van der Waals surface area contributed by atoms with Crippen LogP contribution in [-0.4, -0.2) is 13.2 Å². The van der Waals surface area contributed by atoms with Crippen molar-refractivity contribution in [2.24, 2.45) is 0 Å². The molecule has 2 nitrogen and oxygen atoms in total. The first kappa shape index (κ1) is 15.1. The minimum absolute atomic E-state index is 0.336. The first-order valence-corrected chi connectivity index (χ1v) is 7.55. The molecule has 0 radical (unpaired) electrons. The predicted molar refractivity (Wildman–Crippen MR) is 81.6 cm³/mol. The Hall–Kier alpha value is -1.78. The SMILES string of the molecule is Fc1ccc(F)c(CNCCc2ccc3c(c2)CCOC3)c1. The lowest BCUT2D eigenvalue weighted by Gasteiger charge is -2.17. The summed E-state index contributed by atoms with van der Waals surface area (Å²) in [6, 6.07) is 9.99. The fourth-order valence-corrected chi connectivity index (χ4v) is 2.71. The van der Waals surface area contributed by atoms with Gasteiger partial charge in [0.25, 0.3) is 0 Å². The summed E-state index contributed by atoms with van der Waals surface area (Å²) >= 11 is 0. The predicted octanol–water partition coefficient (Wildman–Crippen LogP) is 3.37. The summed E-state index contributed by atoms with van der Waals surface area (Å²) in [7, 11) is 0. The molecule has 0 aliphatic carbocycles. The molecule has 0 amide bonds. The van der Waals surface area contributed by atoms with Crippen LogP contribution in [0, 0.1) is 11.6 Å². The average Bonchev–Trinajstić information content (AvgIpc) is 2.54. The average molecular weight is 303 g/mol. The molecule has 0 atom stereocenters. The molecule has 1 heterocycles. The maximum atomic E-state index is 13.5. The van der Waals surface area contributed by atoms with Crippen molar-refractivity contribution in [3.05, 3.63) is 70.3 Å². The number of halogens is 2. The Balaban J connectivity index is 1.52. The van der Waals surface area contributed by atoms with E-state index in [-0.39, 0.29) is 5.82 Å². The minimum atomic E-state index is -0.407. The van der Waals surface area contributed by atoms with Gasteiger partial charge in [-0.05, 0) is 54.3 Å². The number of fused-ring (bicyclic) bond motifs is 1. The van der Waals surface area contributed by atoms with Crippen LogP contribution in [0.1, 0.15) is 22.3 Å². The molecule has 2 aromatic carbocycles. The van der Waals surface area contributed by atoms with E-state index >= 15 is 0 Å². The highest BCUT2D eigenvalue weighted by molar-refractivity contribution is 5.33. The summed E-state index contributed by atoms with van der Waals surface area (Å²) in [4.78, 5) is 0. The van der Waals surface area contributed by atoms with Gasteiger partial charge < -0.3 is 10.1 Å². The van der Waals surface area contributed by atoms with Crippen LogP contribution >= 0.6 is 0 Å². The van der Waals surface area contributed by atoms with E-state index in [1.54, 1.807) is 0 Å². The van der Waals surface area contributed by atoms with E-state index < -0.39 is 5.82 Å². The molecule has 3 rings (SSSR count). The van der Waals surface area contributed by atoms with Crippen molar-refractivity contribution >= 4 is 0 Å². The van der Waals surface area contributed by atoms with E-state index in [2.05, 4.69) is 23.5 Å². The minimum Gasteiger partial charge on any atom is -0.376 e. The molecule has 1 N–H and O–H groups in total. The second-order valence-corrected chi connectivity index (χ2v) is 5.57. The quantitative estimate of drug-likeness (QED) is 0.855. The van der Waals surface area contributed by atoms with E-state index in [0.29, 0.717) is 18.7 Å². The van der Waals surface area contributed by atoms with Crippen LogP contribution in [0.5, 0.6) is 0 Å². The zero-order valence-corrected chi connectivity index (χ0v) is 12.4. The second-order valence-electron chi connectivity index (χ2n) is 5.57. The molecule has 0 saturated carbocycles. The van der Waals surface area contributed by atoms with Crippen molar-refractivity contribution in [3.63, 3.8) is 0 Å². The lowest BCUT2D eigenvalue weighted by molar-refractivity contribution is 0.110. The summed E-state index contributed by atoms with van der Waals surface area (Å²) in [5.41, 5.74) is 4.25. The maximum Gasteiger partial charge on any atom is 0.127 e. The van der Waals surface area contributed by atoms with Crippen LogP contribution in [-0.2, 0) is 30.7 Å². The Morgan fingerprint density at radius 3 is 2.86 bits per heavy atom. The first-order chi connectivity index (χ1) is 10.7. The highest BCUT2D eigenvalue weighted by atomic mass is 19.1. The van der Waals surface area contributed by atoms with Crippen LogP contribution < -0.4 is 5.32 Å². The monoisotopic (exact) mass is 303 g/mol. The van der Waals surface area contributed by atoms with Crippen molar-refractivity contribution in [3.8, 4) is 0 Å². The lowest BCUT2D eigenvalue weighted by atomic mass is 9.99. The number of rotatable bonds is 5. The Morgan fingerprint density at radius 2 is 1.95 bits per heavy atom. The highest BCUT2D eigenvalue weighted by Crippen LogP contribution is 2.18.